The molecule has 0 aromatic heterocycles. The molecule has 4 nitrogen and oxygen atoms in total. The van der Waals surface area contributed by atoms with Crippen molar-refractivity contribution in [1.82, 2.24) is 0 Å². The average molecular weight is 345 g/mol. The van der Waals surface area contributed by atoms with Gasteiger partial charge in [-0.15, -0.1) is 6.58 Å². The predicted octanol–water partition coefficient (Wildman–Crippen LogP) is 4.01. The molecule has 0 spiro atoms. The second-order valence-electron chi connectivity index (χ2n) is 7.63. The van der Waals surface area contributed by atoms with Crippen LogP contribution in [0.2, 0.25) is 44.3 Å². The summed E-state index contributed by atoms with van der Waals surface area (Å²) in [7, 11) is -3.94. The van der Waals surface area contributed by atoms with Crippen LogP contribution in [0.15, 0.2) is 11.8 Å². The van der Waals surface area contributed by atoms with E-state index in [4.69, 9.17) is 9.47 Å². The zero-order valence-corrected chi connectivity index (χ0v) is 17.5. The Balaban J connectivity index is 6.04. The van der Waals surface area contributed by atoms with Crippen molar-refractivity contribution in [3.63, 3.8) is 0 Å². The van der Waals surface area contributed by atoms with Gasteiger partial charge in [0.05, 0.1) is 29.4 Å². The molecule has 0 fully saturated rings. The normalized spacial score (nSPS) is 12.7. The summed E-state index contributed by atoms with van der Waals surface area (Å²) in [6, 6.07) is 0. The van der Waals surface area contributed by atoms with E-state index in [-0.39, 0.29) is 13.2 Å². The Morgan fingerprint density at radius 2 is 1.27 bits per heavy atom. The van der Waals surface area contributed by atoms with Crippen LogP contribution < -0.4 is 0 Å². The lowest BCUT2D eigenvalue weighted by Gasteiger charge is -2.40. The second-order valence-corrected chi connectivity index (χ2v) is 18.2. The highest BCUT2D eigenvalue weighted by Crippen LogP contribution is 2.47. The van der Waals surface area contributed by atoms with Crippen LogP contribution in [0.25, 0.3) is 0 Å². The van der Waals surface area contributed by atoms with Crippen LogP contribution in [0.1, 0.15) is 20.3 Å². The lowest BCUT2D eigenvalue weighted by molar-refractivity contribution is -0.160. The van der Waals surface area contributed by atoms with E-state index in [0.717, 1.165) is 5.20 Å². The van der Waals surface area contributed by atoms with Crippen LogP contribution in [-0.2, 0) is 19.1 Å². The Hall–Kier alpha value is -0.886. The number of carbonyl (C=O) groups excluding carboxylic acids is 2. The van der Waals surface area contributed by atoms with Gasteiger partial charge in [0, 0.05) is 0 Å². The quantitative estimate of drug-likeness (QED) is 0.379. The van der Waals surface area contributed by atoms with Gasteiger partial charge in [0.1, 0.15) is 0 Å². The molecule has 0 saturated carbocycles. The lowest BCUT2D eigenvalue weighted by Crippen LogP contribution is -2.53. The number of rotatable bonds is 8. The summed E-state index contributed by atoms with van der Waals surface area (Å²) in [6.07, 6.45) is 0.343. The van der Waals surface area contributed by atoms with Crippen LogP contribution in [0.5, 0.6) is 0 Å². The molecule has 0 rings (SSSR count). The van der Waals surface area contributed by atoms with Crippen molar-refractivity contribution >= 4 is 28.1 Å². The first-order valence-corrected chi connectivity index (χ1v) is 14.9. The molecule has 22 heavy (non-hydrogen) atoms. The fourth-order valence-electron chi connectivity index (χ4n) is 2.20. The first-order chi connectivity index (χ1) is 9.84. The van der Waals surface area contributed by atoms with Gasteiger partial charge in [-0.05, 0) is 20.3 Å². The Bertz CT molecular complexity index is 412. The molecule has 0 amide bonds. The standard InChI is InChI=1S/C16H32O4Si2/c1-10-19-14(17)16(22(7,8)9,15(18)20-11-2)12-13(3)21(4,5)6/h3,10-12H2,1-2,4-9H3. The number of esters is 2. The Morgan fingerprint density at radius 1 is 0.909 bits per heavy atom. The van der Waals surface area contributed by atoms with Crippen LogP contribution in [-0.4, -0.2) is 41.3 Å². The lowest BCUT2D eigenvalue weighted by atomic mass is 10.0. The molecular formula is C16H32O4Si2. The van der Waals surface area contributed by atoms with Gasteiger partial charge in [-0.1, -0.05) is 44.5 Å². The van der Waals surface area contributed by atoms with E-state index < -0.39 is 33.1 Å². The second kappa shape index (κ2) is 7.59. The molecule has 0 aromatic rings. The van der Waals surface area contributed by atoms with Crippen LogP contribution in [0.4, 0.5) is 0 Å². The topological polar surface area (TPSA) is 52.6 Å². The maximum absolute atomic E-state index is 12.8. The first kappa shape index (κ1) is 21.1. The van der Waals surface area contributed by atoms with Crippen molar-refractivity contribution in [3.05, 3.63) is 11.8 Å². The highest BCUT2D eigenvalue weighted by molar-refractivity contribution is 6.87. The average Bonchev–Trinajstić information content (AvgIpc) is 2.33. The summed E-state index contributed by atoms with van der Waals surface area (Å²) in [6.45, 7) is 20.7. The molecule has 0 saturated heterocycles. The predicted molar refractivity (Wildman–Crippen MR) is 96.4 cm³/mol. The first-order valence-electron chi connectivity index (χ1n) is 7.87. The van der Waals surface area contributed by atoms with E-state index in [1.54, 1.807) is 13.8 Å². The number of carbonyl (C=O) groups is 2. The molecule has 0 unspecified atom stereocenters. The maximum Gasteiger partial charge on any atom is 0.320 e. The molecule has 128 valence electrons. The van der Waals surface area contributed by atoms with E-state index in [1.807, 2.05) is 19.6 Å². The van der Waals surface area contributed by atoms with Crippen molar-refractivity contribution < 1.29 is 19.1 Å². The fraction of sp³-hybridized carbons (Fsp3) is 0.750. The van der Waals surface area contributed by atoms with E-state index >= 15 is 0 Å². The number of ether oxygens (including phenoxy) is 2. The summed E-state index contributed by atoms with van der Waals surface area (Å²) >= 11 is 0. The van der Waals surface area contributed by atoms with Gasteiger partial charge in [0.25, 0.3) is 0 Å². The van der Waals surface area contributed by atoms with E-state index in [9.17, 15) is 9.59 Å². The minimum Gasteiger partial charge on any atom is -0.465 e. The van der Waals surface area contributed by atoms with Gasteiger partial charge in [-0.25, -0.2) is 0 Å². The number of allylic oxidation sites excluding steroid dienone is 1. The summed E-state index contributed by atoms with van der Waals surface area (Å²) < 4.78 is 10.6. The molecule has 0 N–H and O–H groups in total. The van der Waals surface area contributed by atoms with Crippen molar-refractivity contribution in [2.75, 3.05) is 13.2 Å². The monoisotopic (exact) mass is 344 g/mol. The van der Waals surface area contributed by atoms with E-state index in [1.165, 1.54) is 0 Å². The van der Waals surface area contributed by atoms with Gasteiger partial charge >= 0.3 is 11.9 Å². The highest BCUT2D eigenvalue weighted by atomic mass is 28.3. The molecule has 0 aliphatic heterocycles. The van der Waals surface area contributed by atoms with Gasteiger partial charge in [0.2, 0.25) is 0 Å². The summed E-state index contributed by atoms with van der Waals surface area (Å²) in [4.78, 5) is 25.6. The minimum absolute atomic E-state index is 0.254. The van der Waals surface area contributed by atoms with Crippen molar-refractivity contribution in [2.45, 2.75) is 64.6 Å². The van der Waals surface area contributed by atoms with Gasteiger partial charge in [-0.2, -0.15) is 0 Å². The molecule has 6 heteroatoms. The van der Waals surface area contributed by atoms with Gasteiger partial charge in [0.15, 0.2) is 5.04 Å². The summed E-state index contributed by atoms with van der Waals surface area (Å²) in [5.41, 5.74) is 0. The van der Waals surface area contributed by atoms with Gasteiger partial charge in [-0.3, -0.25) is 9.59 Å². The van der Waals surface area contributed by atoms with Crippen molar-refractivity contribution in [3.8, 4) is 0 Å². The Kier molecular flexibility index (Phi) is 7.28. The third kappa shape index (κ3) is 4.55. The third-order valence-electron chi connectivity index (χ3n) is 4.07. The Labute approximate surface area is 137 Å². The number of hydrogen-bond acceptors (Lipinski definition) is 4. The Morgan fingerprint density at radius 3 is 1.50 bits per heavy atom. The summed E-state index contributed by atoms with van der Waals surface area (Å²) in [5.74, 6) is -0.904. The van der Waals surface area contributed by atoms with Crippen molar-refractivity contribution in [2.24, 2.45) is 0 Å². The molecule has 0 atom stereocenters. The smallest absolute Gasteiger partial charge is 0.320 e. The minimum atomic E-state index is -2.27. The van der Waals surface area contributed by atoms with Crippen LogP contribution in [0.3, 0.4) is 0 Å². The molecule has 0 aliphatic carbocycles. The van der Waals surface area contributed by atoms with E-state index in [2.05, 4.69) is 26.2 Å². The van der Waals surface area contributed by atoms with Crippen LogP contribution >= 0.6 is 0 Å². The van der Waals surface area contributed by atoms with Crippen LogP contribution in [0, 0.1) is 0 Å². The third-order valence-corrected chi connectivity index (χ3v) is 9.51. The zero-order chi connectivity index (χ0) is 17.8. The highest BCUT2D eigenvalue weighted by Gasteiger charge is 2.58. The molecule has 0 aliphatic rings. The maximum atomic E-state index is 12.8. The zero-order valence-electron chi connectivity index (χ0n) is 15.5. The number of hydrogen-bond donors (Lipinski definition) is 0. The van der Waals surface area contributed by atoms with Crippen molar-refractivity contribution in [1.29, 1.82) is 0 Å². The molecule has 0 aromatic carbocycles. The largest absolute Gasteiger partial charge is 0.465 e. The molecule has 0 radical (unpaired) electrons. The van der Waals surface area contributed by atoms with Gasteiger partial charge < -0.3 is 9.47 Å². The SMILES string of the molecule is C=C(CC(C(=O)OCC)(C(=O)OCC)[Si](C)(C)C)[Si](C)(C)C. The molecule has 0 bridgehead atoms. The summed E-state index contributed by atoms with van der Waals surface area (Å²) in [5, 5.41) is -0.216. The van der Waals surface area contributed by atoms with E-state index in [0.29, 0.717) is 6.42 Å². The molecule has 0 heterocycles. The fourth-order valence-corrected chi connectivity index (χ4v) is 5.28. The molecular weight excluding hydrogens is 312 g/mol.